The summed E-state index contributed by atoms with van der Waals surface area (Å²) in [5.74, 6) is 0. The van der Waals surface area contributed by atoms with Crippen molar-refractivity contribution >= 4 is 0 Å². The molecule has 0 fully saturated rings. The Labute approximate surface area is 83.6 Å². The molecule has 0 unspecified atom stereocenters. The molecule has 0 rings (SSSR count). The second-order valence-electron chi connectivity index (χ2n) is 0.316. The molecule has 1 nitrogen and oxygen atoms in total. The van der Waals surface area contributed by atoms with Gasteiger partial charge < -0.3 is 5.11 Å². The van der Waals surface area contributed by atoms with E-state index in [1.807, 2.05) is 0 Å². The Morgan fingerprint density at radius 1 is 1.50 bits per heavy atom. The van der Waals surface area contributed by atoms with E-state index in [2.05, 4.69) is 0 Å². The van der Waals surface area contributed by atoms with Crippen LogP contribution in [0.2, 0.25) is 0 Å². The molecular weight excluding hydrogens is 498 g/mol. The molecule has 0 atom stereocenters. The van der Waals surface area contributed by atoms with Crippen molar-refractivity contribution < 1.29 is 70.9 Å². The maximum atomic E-state index is 7.57. The number of aliphatic hydroxyl groups is 1. The second kappa shape index (κ2) is 27.4. The molecule has 0 aromatic heterocycles. The standard InChI is InChI=1S/C2H6O.Nb.Ta.W/c1-2-3;;;/h3H,2H2,1H3;;;. The van der Waals surface area contributed by atoms with Crippen LogP contribution in [0.25, 0.3) is 0 Å². The molecule has 1 N–H and O–H groups in total. The molecule has 0 spiro atoms. The summed E-state index contributed by atoms with van der Waals surface area (Å²) in [6.07, 6.45) is 0. The van der Waals surface area contributed by atoms with Crippen molar-refractivity contribution in [2.24, 2.45) is 0 Å². The van der Waals surface area contributed by atoms with Gasteiger partial charge in [-0.25, -0.2) is 0 Å². The Kier molecular flexibility index (Phi) is 110. The van der Waals surface area contributed by atoms with E-state index in [4.69, 9.17) is 5.11 Å². The first kappa shape index (κ1) is 24.2. The molecule has 0 aromatic rings. The Hall–Kier alpha value is 2.13. The van der Waals surface area contributed by atoms with Gasteiger partial charge >= 0.3 is 0 Å². The van der Waals surface area contributed by atoms with Crippen LogP contribution in [0, 0.1) is 0 Å². The van der Waals surface area contributed by atoms with Crippen LogP contribution in [-0.2, 0) is 65.8 Å². The zero-order chi connectivity index (χ0) is 2.71. The Balaban J connectivity index is -0.00000000667. The average Bonchev–Trinajstić information content (AvgIpc) is 0.918. The van der Waals surface area contributed by atoms with E-state index in [1.165, 1.54) is 0 Å². The van der Waals surface area contributed by atoms with Crippen molar-refractivity contribution in [1.82, 2.24) is 0 Å². The van der Waals surface area contributed by atoms with Crippen LogP contribution in [0.15, 0.2) is 0 Å². The summed E-state index contributed by atoms with van der Waals surface area (Å²) in [5.41, 5.74) is 0. The minimum Gasteiger partial charge on any atom is -0.397 e. The number of hydrogen-bond donors (Lipinski definition) is 1. The largest absolute Gasteiger partial charge is 0.397 e. The zero-order valence-electron chi connectivity index (χ0n) is 3.46. The number of rotatable bonds is 0. The Bertz CT molecular complexity index is 13.5. The van der Waals surface area contributed by atoms with Crippen LogP contribution in [0.5, 0.6) is 0 Å². The van der Waals surface area contributed by atoms with E-state index in [-0.39, 0.29) is 72.4 Å². The summed E-state index contributed by atoms with van der Waals surface area (Å²) in [4.78, 5) is 0. The summed E-state index contributed by atoms with van der Waals surface area (Å²) in [6.45, 7) is 1.93. The van der Waals surface area contributed by atoms with Gasteiger partial charge in [0.1, 0.15) is 0 Å². The van der Waals surface area contributed by atoms with Crippen molar-refractivity contribution in [3.63, 3.8) is 0 Å². The fraction of sp³-hybridized carbons (Fsp3) is 1.00. The predicted octanol–water partition coefficient (Wildman–Crippen LogP) is -0.00890. The summed E-state index contributed by atoms with van der Waals surface area (Å²) in [7, 11) is 0. The van der Waals surface area contributed by atoms with Gasteiger partial charge in [0.05, 0.1) is 0 Å². The van der Waals surface area contributed by atoms with Crippen molar-refractivity contribution in [1.29, 1.82) is 0 Å². The summed E-state index contributed by atoms with van der Waals surface area (Å²) in [5, 5.41) is 7.57. The van der Waals surface area contributed by atoms with Gasteiger partial charge in [-0.05, 0) is 6.92 Å². The van der Waals surface area contributed by atoms with Gasteiger partial charge in [0.2, 0.25) is 0 Å². The van der Waals surface area contributed by atoms with Gasteiger partial charge in [-0.15, -0.1) is 0 Å². The second-order valence-corrected chi connectivity index (χ2v) is 0.316. The van der Waals surface area contributed by atoms with Crippen molar-refractivity contribution in [3.05, 3.63) is 0 Å². The number of hydrogen-bond acceptors (Lipinski definition) is 1. The molecule has 4 heteroatoms. The minimum atomic E-state index is 0. The van der Waals surface area contributed by atoms with E-state index in [9.17, 15) is 0 Å². The van der Waals surface area contributed by atoms with Gasteiger partial charge in [0.25, 0.3) is 0 Å². The first-order chi connectivity index (χ1) is 1.41. The van der Waals surface area contributed by atoms with Gasteiger partial charge in [0, 0.05) is 72.4 Å². The van der Waals surface area contributed by atoms with Crippen molar-refractivity contribution in [2.75, 3.05) is 6.61 Å². The van der Waals surface area contributed by atoms with Crippen LogP contribution < -0.4 is 0 Å². The summed E-state index contributed by atoms with van der Waals surface area (Å²) in [6, 6.07) is 0. The molecule has 2 radical (unpaired) electrons. The third-order valence-corrected chi connectivity index (χ3v) is 0. The van der Waals surface area contributed by atoms with Crippen LogP contribution >= 0.6 is 0 Å². The molecule has 0 aliphatic carbocycles. The topological polar surface area (TPSA) is 20.2 Å². The molecule has 0 aromatic carbocycles. The fourth-order valence-corrected chi connectivity index (χ4v) is 0. The van der Waals surface area contributed by atoms with E-state index in [0.717, 1.165) is 0 Å². The molecule has 0 heterocycles. The summed E-state index contributed by atoms with van der Waals surface area (Å²) < 4.78 is 0. The van der Waals surface area contributed by atoms with Crippen LogP contribution in [-0.4, -0.2) is 11.7 Å². The molecule has 0 aliphatic rings. The maximum Gasteiger partial charge on any atom is 0.0402 e. The predicted molar refractivity (Wildman–Crippen MR) is 12.8 cm³/mol. The first-order valence-electron chi connectivity index (χ1n) is 1.02. The molecule has 0 aliphatic heterocycles. The number of aliphatic hydroxyl groups excluding tert-OH is 1. The van der Waals surface area contributed by atoms with E-state index in [1.54, 1.807) is 6.92 Å². The first-order valence-corrected chi connectivity index (χ1v) is 1.02. The molecule has 36 valence electrons. The third kappa shape index (κ3) is 35.6. The Morgan fingerprint density at radius 3 is 1.50 bits per heavy atom. The maximum absolute atomic E-state index is 7.57. The molecular formula is C2H6NbOTaW. The van der Waals surface area contributed by atoms with Gasteiger partial charge in [-0.1, -0.05) is 0 Å². The van der Waals surface area contributed by atoms with Crippen LogP contribution in [0.4, 0.5) is 0 Å². The molecule has 0 amide bonds. The van der Waals surface area contributed by atoms with E-state index >= 15 is 0 Å². The average molecular weight is 504 g/mol. The van der Waals surface area contributed by atoms with Crippen molar-refractivity contribution in [2.45, 2.75) is 6.92 Å². The third-order valence-electron chi connectivity index (χ3n) is 0. The molecule has 0 saturated carbocycles. The smallest absolute Gasteiger partial charge is 0.0402 e. The minimum absolute atomic E-state index is 0. The molecule has 6 heavy (non-hydrogen) atoms. The normalized spacial score (nSPS) is 3.00. The van der Waals surface area contributed by atoms with E-state index < -0.39 is 0 Å². The van der Waals surface area contributed by atoms with Crippen LogP contribution in [0.3, 0.4) is 0 Å². The van der Waals surface area contributed by atoms with Gasteiger partial charge in [0.15, 0.2) is 0 Å². The fourth-order valence-electron chi connectivity index (χ4n) is 0. The summed E-state index contributed by atoms with van der Waals surface area (Å²) >= 11 is 0. The SMILES string of the molecule is CCO.[Nb].[Ta].[W]. The van der Waals surface area contributed by atoms with Gasteiger partial charge in [-0.2, -0.15) is 0 Å². The van der Waals surface area contributed by atoms with Crippen LogP contribution in [0.1, 0.15) is 6.92 Å². The monoisotopic (exact) mass is 504 g/mol. The molecule has 0 bridgehead atoms. The quantitative estimate of drug-likeness (QED) is 0.461. The molecule has 0 saturated heterocycles. The Morgan fingerprint density at radius 2 is 1.50 bits per heavy atom. The van der Waals surface area contributed by atoms with Gasteiger partial charge in [-0.3, -0.25) is 0 Å². The van der Waals surface area contributed by atoms with E-state index in [0.29, 0.717) is 0 Å². The van der Waals surface area contributed by atoms with Crippen molar-refractivity contribution in [3.8, 4) is 0 Å². The zero-order valence-corrected chi connectivity index (χ0v) is 11.8.